The zero-order valence-corrected chi connectivity index (χ0v) is 13.6. The van der Waals surface area contributed by atoms with E-state index in [-0.39, 0.29) is 12.4 Å². The predicted octanol–water partition coefficient (Wildman–Crippen LogP) is 1.95. The van der Waals surface area contributed by atoms with Crippen molar-refractivity contribution >= 4 is 5.78 Å². The molecule has 0 saturated carbocycles. The number of aliphatic hydroxyl groups excluding tert-OH is 1. The zero-order valence-electron chi connectivity index (χ0n) is 13.6. The van der Waals surface area contributed by atoms with Gasteiger partial charge in [-0.25, -0.2) is 0 Å². The van der Waals surface area contributed by atoms with E-state index in [1.807, 2.05) is 18.2 Å². The fourth-order valence-electron chi connectivity index (χ4n) is 2.30. The molecule has 0 aliphatic heterocycles. The van der Waals surface area contributed by atoms with Gasteiger partial charge >= 0.3 is 0 Å². The highest BCUT2D eigenvalue weighted by Gasteiger charge is 2.12. The summed E-state index contributed by atoms with van der Waals surface area (Å²) in [6, 6.07) is 17.5. The van der Waals surface area contributed by atoms with E-state index in [1.54, 1.807) is 24.3 Å². The monoisotopic (exact) mass is 314 g/mol. The molecule has 0 unspecified atom stereocenters. The smallest absolute Gasteiger partial charge is 0.159 e. The largest absolute Gasteiger partial charge is 0.491 e. The number of carbonyl (C=O) groups excluding carboxylic acids is 1. The normalized spacial score (nSPS) is 13.3. The van der Waals surface area contributed by atoms with Gasteiger partial charge in [0.05, 0.1) is 0 Å². The fourth-order valence-corrected chi connectivity index (χ4v) is 2.30. The number of Topliss-reactive ketones (excluding diaryl/α,β-unsaturated/α-hetero) is 1. The number of ether oxygens (including phenoxy) is 1. The molecular weight excluding hydrogens is 290 g/mol. The summed E-state index contributed by atoms with van der Waals surface area (Å²) < 4.78 is 5.56. The van der Waals surface area contributed by atoms with E-state index in [0.29, 0.717) is 23.9 Å². The third kappa shape index (κ3) is 5.51. The number of carbonyl (C=O) groups is 1. The maximum atomic E-state index is 11.2. The molecule has 4 heteroatoms. The van der Waals surface area contributed by atoms with Gasteiger partial charge in [-0.1, -0.05) is 30.3 Å². The molecule has 0 amide bonds. The molecule has 0 fully saturated rings. The van der Waals surface area contributed by atoms with Gasteiger partial charge in [0.2, 0.25) is 0 Å². The van der Waals surface area contributed by atoms with E-state index in [2.05, 4.69) is 24.4 Å². The van der Waals surface area contributed by atoms with Crippen LogP contribution in [0, 0.1) is 0 Å². The topological polar surface area (TPSA) is 63.1 Å². The number of ketones is 1. The molecule has 3 N–H and O–H groups in total. The SMILES string of the molecule is CC(=O)c1ccc(OC[C@H](O)C[NH2+][C@@H](C)c2ccccc2)cc1. The quantitative estimate of drug-likeness (QED) is 0.732. The minimum atomic E-state index is -0.548. The molecular formula is C19H24NO3+. The lowest BCUT2D eigenvalue weighted by Crippen LogP contribution is -2.87. The number of quaternary nitrogens is 1. The zero-order chi connectivity index (χ0) is 16.7. The van der Waals surface area contributed by atoms with Crippen LogP contribution in [0.25, 0.3) is 0 Å². The molecule has 0 aromatic heterocycles. The molecule has 0 heterocycles. The average Bonchev–Trinajstić information content (AvgIpc) is 2.59. The molecule has 0 bridgehead atoms. The third-order valence-corrected chi connectivity index (χ3v) is 3.79. The number of hydrogen-bond donors (Lipinski definition) is 2. The van der Waals surface area contributed by atoms with E-state index in [0.717, 1.165) is 0 Å². The van der Waals surface area contributed by atoms with E-state index in [9.17, 15) is 9.90 Å². The summed E-state index contributed by atoms with van der Waals surface area (Å²) in [5.41, 5.74) is 1.89. The summed E-state index contributed by atoms with van der Waals surface area (Å²) >= 11 is 0. The summed E-state index contributed by atoms with van der Waals surface area (Å²) in [5.74, 6) is 0.686. The van der Waals surface area contributed by atoms with Crippen LogP contribution in [-0.4, -0.2) is 30.1 Å². The van der Waals surface area contributed by atoms with Crippen LogP contribution in [0.4, 0.5) is 0 Å². The standard InChI is InChI=1S/C19H23NO3/c1-14(16-6-4-3-5-7-16)20-12-18(22)13-23-19-10-8-17(9-11-19)15(2)21/h3-11,14,18,20,22H,12-13H2,1-2H3/p+1/t14-,18+/m0/s1. The number of aliphatic hydroxyl groups is 1. The second-order valence-electron chi connectivity index (χ2n) is 5.72. The molecule has 23 heavy (non-hydrogen) atoms. The van der Waals surface area contributed by atoms with Gasteiger partial charge in [-0.05, 0) is 38.1 Å². The van der Waals surface area contributed by atoms with Gasteiger partial charge < -0.3 is 15.2 Å². The van der Waals surface area contributed by atoms with Crippen molar-refractivity contribution in [3.05, 3.63) is 65.7 Å². The van der Waals surface area contributed by atoms with Gasteiger partial charge in [0.1, 0.15) is 31.0 Å². The first-order valence-corrected chi connectivity index (χ1v) is 7.86. The summed E-state index contributed by atoms with van der Waals surface area (Å²) in [6.45, 7) is 4.45. The average molecular weight is 314 g/mol. The Labute approximate surface area is 137 Å². The lowest BCUT2D eigenvalue weighted by molar-refractivity contribution is -0.698. The number of benzene rings is 2. The molecule has 0 radical (unpaired) electrons. The summed E-state index contributed by atoms with van der Waals surface area (Å²) in [4.78, 5) is 11.2. The Morgan fingerprint density at radius 1 is 1.13 bits per heavy atom. The Morgan fingerprint density at radius 3 is 2.39 bits per heavy atom. The Bertz CT molecular complexity index is 610. The lowest BCUT2D eigenvalue weighted by Gasteiger charge is -2.15. The number of nitrogens with two attached hydrogens (primary N) is 1. The van der Waals surface area contributed by atoms with Gasteiger partial charge in [0.15, 0.2) is 5.78 Å². The van der Waals surface area contributed by atoms with E-state index in [4.69, 9.17) is 4.74 Å². The van der Waals surface area contributed by atoms with Gasteiger partial charge in [-0.15, -0.1) is 0 Å². The molecule has 0 aliphatic rings. The molecule has 0 saturated heterocycles. The second kappa shape index (κ2) is 8.46. The Balaban J connectivity index is 1.74. The number of rotatable bonds is 8. The minimum Gasteiger partial charge on any atom is -0.491 e. The minimum absolute atomic E-state index is 0.0288. The Morgan fingerprint density at radius 2 is 1.78 bits per heavy atom. The molecule has 4 nitrogen and oxygen atoms in total. The first-order chi connectivity index (χ1) is 11.1. The number of hydrogen-bond acceptors (Lipinski definition) is 3. The Hall–Kier alpha value is -2.17. The maximum Gasteiger partial charge on any atom is 0.159 e. The summed E-state index contributed by atoms with van der Waals surface area (Å²) in [7, 11) is 0. The summed E-state index contributed by atoms with van der Waals surface area (Å²) in [5, 5.41) is 12.1. The molecule has 122 valence electrons. The van der Waals surface area contributed by atoms with Crippen LogP contribution in [-0.2, 0) is 0 Å². The predicted molar refractivity (Wildman–Crippen MR) is 89.6 cm³/mol. The molecule has 2 atom stereocenters. The van der Waals surface area contributed by atoms with Crippen molar-refractivity contribution in [3.8, 4) is 5.75 Å². The van der Waals surface area contributed by atoms with Crippen LogP contribution in [0.5, 0.6) is 5.75 Å². The highest BCUT2D eigenvalue weighted by Crippen LogP contribution is 2.12. The lowest BCUT2D eigenvalue weighted by atomic mass is 10.1. The van der Waals surface area contributed by atoms with Crippen molar-refractivity contribution in [1.82, 2.24) is 0 Å². The molecule has 2 aromatic rings. The van der Waals surface area contributed by atoms with Gasteiger partial charge in [0.25, 0.3) is 0 Å². The van der Waals surface area contributed by atoms with Gasteiger partial charge in [-0.3, -0.25) is 4.79 Å². The Kier molecular flexibility index (Phi) is 6.32. The van der Waals surface area contributed by atoms with Crippen LogP contribution >= 0.6 is 0 Å². The molecule has 0 aliphatic carbocycles. The first kappa shape index (κ1) is 17.2. The van der Waals surface area contributed by atoms with Crippen molar-refractivity contribution in [2.24, 2.45) is 0 Å². The summed E-state index contributed by atoms with van der Waals surface area (Å²) in [6.07, 6.45) is -0.548. The van der Waals surface area contributed by atoms with Crippen LogP contribution in [0.2, 0.25) is 0 Å². The van der Waals surface area contributed by atoms with Crippen molar-refractivity contribution < 1.29 is 20.0 Å². The van der Waals surface area contributed by atoms with Crippen LogP contribution in [0.1, 0.15) is 35.8 Å². The van der Waals surface area contributed by atoms with Crippen LogP contribution in [0.3, 0.4) is 0 Å². The highest BCUT2D eigenvalue weighted by molar-refractivity contribution is 5.94. The molecule has 2 aromatic carbocycles. The van der Waals surface area contributed by atoms with Gasteiger partial charge in [0, 0.05) is 11.1 Å². The van der Waals surface area contributed by atoms with E-state index < -0.39 is 6.10 Å². The maximum absolute atomic E-state index is 11.2. The van der Waals surface area contributed by atoms with Crippen LogP contribution < -0.4 is 10.1 Å². The van der Waals surface area contributed by atoms with E-state index >= 15 is 0 Å². The highest BCUT2D eigenvalue weighted by atomic mass is 16.5. The van der Waals surface area contributed by atoms with Crippen molar-refractivity contribution in [3.63, 3.8) is 0 Å². The van der Waals surface area contributed by atoms with Crippen molar-refractivity contribution in [2.75, 3.05) is 13.2 Å². The van der Waals surface area contributed by atoms with E-state index in [1.165, 1.54) is 12.5 Å². The molecule has 0 spiro atoms. The van der Waals surface area contributed by atoms with Gasteiger partial charge in [-0.2, -0.15) is 0 Å². The van der Waals surface area contributed by atoms with Crippen molar-refractivity contribution in [2.45, 2.75) is 26.0 Å². The fraction of sp³-hybridized carbons (Fsp3) is 0.316. The second-order valence-corrected chi connectivity index (χ2v) is 5.72. The van der Waals surface area contributed by atoms with Crippen molar-refractivity contribution in [1.29, 1.82) is 0 Å². The van der Waals surface area contributed by atoms with Crippen LogP contribution in [0.15, 0.2) is 54.6 Å². The first-order valence-electron chi connectivity index (χ1n) is 7.86. The third-order valence-electron chi connectivity index (χ3n) is 3.79. The molecule has 2 rings (SSSR count).